The van der Waals surface area contributed by atoms with Crippen molar-refractivity contribution < 1.29 is 14.6 Å². The van der Waals surface area contributed by atoms with Crippen LogP contribution in [0.2, 0.25) is 0 Å². The largest absolute Gasteiger partial charge is 0.392 e. The topological polar surface area (TPSA) is 109 Å². The highest BCUT2D eigenvalue weighted by Crippen LogP contribution is 2.25. The van der Waals surface area contributed by atoms with Gasteiger partial charge in [-0.2, -0.15) is 0 Å². The van der Waals surface area contributed by atoms with Gasteiger partial charge in [-0.15, -0.1) is 11.3 Å². The minimum Gasteiger partial charge on any atom is -0.392 e. The SMILES string of the molecule is CC.COCC(Nc1nc(C(=O)NCC(C)O)c2sccc2n1)c1cccnc1. The lowest BCUT2D eigenvalue weighted by Crippen LogP contribution is -2.31. The molecule has 0 spiro atoms. The molecule has 0 aliphatic heterocycles. The van der Waals surface area contributed by atoms with Crippen LogP contribution in [0.3, 0.4) is 0 Å². The van der Waals surface area contributed by atoms with Crippen molar-refractivity contribution in [1.29, 1.82) is 0 Å². The number of pyridine rings is 1. The number of aromatic nitrogens is 3. The van der Waals surface area contributed by atoms with E-state index in [0.717, 1.165) is 5.56 Å². The van der Waals surface area contributed by atoms with E-state index in [2.05, 4.69) is 25.6 Å². The van der Waals surface area contributed by atoms with Gasteiger partial charge in [0.1, 0.15) is 0 Å². The van der Waals surface area contributed by atoms with Crippen molar-refractivity contribution in [2.24, 2.45) is 0 Å². The molecule has 1 amide bonds. The first-order valence-corrected chi connectivity index (χ1v) is 10.3. The van der Waals surface area contributed by atoms with E-state index in [-0.39, 0.29) is 24.2 Å². The molecule has 0 saturated heterocycles. The summed E-state index contributed by atoms with van der Waals surface area (Å²) in [7, 11) is 1.61. The highest BCUT2D eigenvalue weighted by Gasteiger charge is 2.19. The normalized spacial score (nSPS) is 12.6. The third kappa shape index (κ3) is 6.18. The van der Waals surface area contributed by atoms with Crippen LogP contribution in [0.5, 0.6) is 0 Å². The van der Waals surface area contributed by atoms with Crippen molar-refractivity contribution in [2.75, 3.05) is 25.6 Å². The number of hydrogen-bond donors (Lipinski definition) is 3. The first kappa shape index (κ1) is 22.7. The van der Waals surface area contributed by atoms with Crippen molar-refractivity contribution >= 4 is 33.4 Å². The summed E-state index contributed by atoms with van der Waals surface area (Å²) >= 11 is 1.40. The second-order valence-electron chi connectivity index (χ2n) is 6.03. The molecule has 3 rings (SSSR count). The number of carbonyl (C=O) groups excluding carboxylic acids is 1. The predicted molar refractivity (Wildman–Crippen MR) is 115 cm³/mol. The summed E-state index contributed by atoms with van der Waals surface area (Å²) in [6.07, 6.45) is 2.81. The molecule has 2 unspecified atom stereocenters. The number of hydrogen-bond acceptors (Lipinski definition) is 8. The van der Waals surface area contributed by atoms with Gasteiger partial charge in [0, 0.05) is 26.0 Å². The molecule has 9 heteroatoms. The molecule has 3 aromatic heterocycles. The number of nitrogens with one attached hydrogen (secondary N) is 2. The molecule has 3 heterocycles. The van der Waals surface area contributed by atoms with E-state index in [4.69, 9.17) is 4.74 Å². The summed E-state index contributed by atoms with van der Waals surface area (Å²) in [5, 5.41) is 17.2. The Morgan fingerprint density at radius 2 is 2.10 bits per heavy atom. The highest BCUT2D eigenvalue weighted by molar-refractivity contribution is 7.17. The van der Waals surface area contributed by atoms with Crippen molar-refractivity contribution in [2.45, 2.75) is 32.9 Å². The molecule has 0 aromatic carbocycles. The maximum absolute atomic E-state index is 12.5. The molecule has 0 aliphatic carbocycles. The van der Waals surface area contributed by atoms with Gasteiger partial charge in [0.25, 0.3) is 5.91 Å². The van der Waals surface area contributed by atoms with E-state index < -0.39 is 6.10 Å². The van der Waals surface area contributed by atoms with E-state index in [0.29, 0.717) is 22.8 Å². The standard InChI is InChI=1S/C18H21N5O3S.C2H6/c1-11(24)8-20-17(25)15-16-13(5-7-27-16)21-18(23-15)22-14(10-26-2)12-4-3-6-19-9-12;1-2/h3-7,9,11,14,24H,8,10H2,1-2H3,(H,20,25)(H,21,22,23);1-2H3. The average Bonchev–Trinajstić information content (AvgIpc) is 3.22. The number of aliphatic hydroxyl groups excluding tert-OH is 1. The highest BCUT2D eigenvalue weighted by atomic mass is 32.1. The molecule has 3 N–H and O–H groups in total. The van der Waals surface area contributed by atoms with Gasteiger partial charge in [0.05, 0.1) is 29.0 Å². The number of rotatable bonds is 8. The van der Waals surface area contributed by atoms with Gasteiger partial charge in [-0.25, -0.2) is 9.97 Å². The van der Waals surface area contributed by atoms with Crippen LogP contribution in [-0.4, -0.2) is 52.3 Å². The van der Waals surface area contributed by atoms with E-state index in [1.54, 1.807) is 26.4 Å². The Morgan fingerprint density at radius 3 is 2.76 bits per heavy atom. The molecular formula is C20H27N5O3S. The Morgan fingerprint density at radius 1 is 1.31 bits per heavy atom. The molecule has 2 atom stereocenters. The number of amides is 1. The summed E-state index contributed by atoms with van der Waals surface area (Å²) in [4.78, 5) is 25.6. The number of thiophene rings is 1. The molecule has 3 aromatic rings. The first-order valence-electron chi connectivity index (χ1n) is 9.45. The third-order valence-corrected chi connectivity index (χ3v) is 4.71. The fourth-order valence-electron chi connectivity index (χ4n) is 2.53. The van der Waals surface area contributed by atoms with Crippen LogP contribution in [0.25, 0.3) is 10.2 Å². The maximum Gasteiger partial charge on any atom is 0.271 e. The van der Waals surface area contributed by atoms with Crippen molar-refractivity contribution in [3.05, 3.63) is 47.2 Å². The summed E-state index contributed by atoms with van der Waals surface area (Å²) < 4.78 is 6.00. The number of methoxy groups -OCH3 is 1. The molecule has 0 aliphatic rings. The summed E-state index contributed by atoms with van der Waals surface area (Å²) in [6, 6.07) is 5.40. The van der Waals surface area contributed by atoms with Crippen molar-refractivity contribution in [1.82, 2.24) is 20.3 Å². The molecule has 8 nitrogen and oxygen atoms in total. The van der Waals surface area contributed by atoms with Crippen molar-refractivity contribution in [3.63, 3.8) is 0 Å². The lowest BCUT2D eigenvalue weighted by molar-refractivity contribution is 0.0921. The van der Waals surface area contributed by atoms with Crippen LogP contribution in [0.15, 0.2) is 36.0 Å². The molecular weight excluding hydrogens is 390 g/mol. The molecule has 29 heavy (non-hydrogen) atoms. The quantitative estimate of drug-likeness (QED) is 0.517. The number of nitrogens with zero attached hydrogens (tertiary/aromatic N) is 3. The lowest BCUT2D eigenvalue weighted by Gasteiger charge is -2.18. The Kier molecular flexibility index (Phi) is 8.91. The lowest BCUT2D eigenvalue weighted by atomic mass is 10.1. The summed E-state index contributed by atoms with van der Waals surface area (Å²) in [5.41, 5.74) is 1.89. The Bertz CT molecular complexity index is 902. The Labute approximate surface area is 174 Å². The zero-order valence-corrected chi connectivity index (χ0v) is 17.9. The number of carbonyl (C=O) groups is 1. The predicted octanol–water partition coefficient (Wildman–Crippen LogP) is 3.02. The van der Waals surface area contributed by atoms with Crippen LogP contribution in [0.4, 0.5) is 5.95 Å². The first-order chi connectivity index (χ1) is 14.1. The van der Waals surface area contributed by atoms with Crippen LogP contribution in [-0.2, 0) is 4.74 Å². The minimum atomic E-state index is -0.635. The number of anilines is 1. The van der Waals surface area contributed by atoms with Gasteiger partial charge in [-0.3, -0.25) is 9.78 Å². The van der Waals surface area contributed by atoms with E-state index in [1.807, 2.05) is 37.4 Å². The van der Waals surface area contributed by atoms with Gasteiger partial charge in [-0.05, 0) is 30.0 Å². The third-order valence-electron chi connectivity index (χ3n) is 3.80. The average molecular weight is 418 g/mol. The van der Waals surface area contributed by atoms with E-state index >= 15 is 0 Å². The summed E-state index contributed by atoms with van der Waals surface area (Å²) in [5.74, 6) is -0.0209. The minimum absolute atomic E-state index is 0.153. The van der Waals surface area contributed by atoms with Gasteiger partial charge < -0.3 is 20.5 Å². The van der Waals surface area contributed by atoms with Gasteiger partial charge in [0.15, 0.2) is 5.69 Å². The molecule has 0 saturated carbocycles. The Hall–Kier alpha value is -2.62. The molecule has 0 bridgehead atoms. The Balaban J connectivity index is 0.00000145. The van der Waals surface area contributed by atoms with Crippen LogP contribution >= 0.6 is 11.3 Å². The smallest absolute Gasteiger partial charge is 0.271 e. The second kappa shape index (κ2) is 11.4. The molecule has 156 valence electrons. The second-order valence-corrected chi connectivity index (χ2v) is 6.94. The molecule has 0 fully saturated rings. The number of fused-ring (bicyclic) bond motifs is 1. The van der Waals surface area contributed by atoms with E-state index in [9.17, 15) is 9.90 Å². The number of aliphatic hydroxyl groups is 1. The monoisotopic (exact) mass is 417 g/mol. The van der Waals surface area contributed by atoms with Crippen LogP contribution in [0.1, 0.15) is 42.9 Å². The molecule has 0 radical (unpaired) electrons. The zero-order chi connectivity index (χ0) is 21.2. The van der Waals surface area contributed by atoms with Crippen LogP contribution in [0, 0.1) is 0 Å². The zero-order valence-electron chi connectivity index (χ0n) is 17.0. The summed E-state index contributed by atoms with van der Waals surface area (Å²) in [6.45, 7) is 6.15. The number of ether oxygens (including phenoxy) is 1. The van der Waals surface area contributed by atoms with E-state index in [1.165, 1.54) is 11.3 Å². The fourth-order valence-corrected chi connectivity index (χ4v) is 3.35. The van der Waals surface area contributed by atoms with Crippen molar-refractivity contribution in [3.8, 4) is 0 Å². The van der Waals surface area contributed by atoms with Gasteiger partial charge >= 0.3 is 0 Å². The van der Waals surface area contributed by atoms with Gasteiger partial charge in [0.2, 0.25) is 5.95 Å². The maximum atomic E-state index is 12.5. The van der Waals surface area contributed by atoms with Crippen LogP contribution < -0.4 is 10.6 Å². The fraction of sp³-hybridized carbons (Fsp3) is 0.400. The van der Waals surface area contributed by atoms with Gasteiger partial charge in [-0.1, -0.05) is 19.9 Å².